The second-order valence-corrected chi connectivity index (χ2v) is 8.94. The van der Waals surface area contributed by atoms with Crippen LogP contribution in [0.25, 0.3) is 0 Å². The Labute approximate surface area is 154 Å². The number of hydrogen-bond donors (Lipinski definition) is 2. The number of hydrogen-bond acceptors (Lipinski definition) is 6. The summed E-state index contributed by atoms with van der Waals surface area (Å²) in [6, 6.07) is 1.50. The van der Waals surface area contributed by atoms with E-state index >= 15 is 0 Å². The summed E-state index contributed by atoms with van der Waals surface area (Å²) in [6.07, 6.45) is 2.21. The molecule has 0 radical (unpaired) electrons. The molecule has 0 bridgehead atoms. The van der Waals surface area contributed by atoms with Crippen LogP contribution in [0.3, 0.4) is 0 Å². The van der Waals surface area contributed by atoms with E-state index in [0.29, 0.717) is 30.8 Å². The van der Waals surface area contributed by atoms with Crippen molar-refractivity contribution in [2.75, 3.05) is 19.6 Å². The van der Waals surface area contributed by atoms with Crippen LogP contribution in [-0.4, -0.2) is 53.0 Å². The fourth-order valence-electron chi connectivity index (χ4n) is 2.71. The van der Waals surface area contributed by atoms with E-state index in [1.54, 1.807) is 17.0 Å². The first-order valence-corrected chi connectivity index (χ1v) is 10.6. The van der Waals surface area contributed by atoms with Gasteiger partial charge in [-0.3, -0.25) is 9.89 Å². The summed E-state index contributed by atoms with van der Waals surface area (Å²) < 4.78 is 29.1. The quantitative estimate of drug-likeness (QED) is 0.711. The molecule has 1 saturated heterocycles. The SMILES string of the molecule is Cn1c(CCNC(=O)c2sccc2S(=O)(=O)N2CCCC2)n[nH]c1=S. The Morgan fingerprint density at radius 2 is 2.16 bits per heavy atom. The molecule has 0 saturated carbocycles. The van der Waals surface area contributed by atoms with Gasteiger partial charge >= 0.3 is 0 Å². The molecule has 0 spiro atoms. The molecule has 1 aliphatic rings. The Morgan fingerprint density at radius 1 is 1.44 bits per heavy atom. The van der Waals surface area contributed by atoms with E-state index in [-0.39, 0.29) is 15.7 Å². The third-order valence-corrected chi connectivity index (χ3v) is 7.47. The summed E-state index contributed by atoms with van der Waals surface area (Å²) in [5.74, 6) is 0.339. The van der Waals surface area contributed by atoms with Gasteiger partial charge in [0.2, 0.25) is 10.0 Å². The summed E-state index contributed by atoms with van der Waals surface area (Å²) in [5.41, 5.74) is 0. The van der Waals surface area contributed by atoms with E-state index in [2.05, 4.69) is 15.5 Å². The van der Waals surface area contributed by atoms with Crippen molar-refractivity contribution in [1.82, 2.24) is 24.4 Å². The lowest BCUT2D eigenvalue weighted by atomic mass is 10.3. The maximum atomic E-state index is 12.7. The number of carbonyl (C=O) groups excluding carboxylic acids is 1. The molecular formula is C14H19N5O3S3. The second kappa shape index (κ2) is 7.36. The highest BCUT2D eigenvalue weighted by molar-refractivity contribution is 7.89. The molecular weight excluding hydrogens is 382 g/mol. The lowest BCUT2D eigenvalue weighted by molar-refractivity contribution is 0.0955. The Morgan fingerprint density at radius 3 is 2.80 bits per heavy atom. The Balaban J connectivity index is 1.68. The van der Waals surface area contributed by atoms with Crippen molar-refractivity contribution in [3.8, 4) is 0 Å². The van der Waals surface area contributed by atoms with Gasteiger partial charge in [0.25, 0.3) is 5.91 Å². The normalized spacial score (nSPS) is 15.6. The van der Waals surface area contributed by atoms with E-state index in [0.717, 1.165) is 30.0 Å². The zero-order valence-corrected chi connectivity index (χ0v) is 16.1. The van der Waals surface area contributed by atoms with Crippen molar-refractivity contribution in [3.63, 3.8) is 0 Å². The van der Waals surface area contributed by atoms with E-state index in [9.17, 15) is 13.2 Å². The Kier molecular flexibility index (Phi) is 5.37. The van der Waals surface area contributed by atoms with Gasteiger partial charge in [-0.25, -0.2) is 8.42 Å². The highest BCUT2D eigenvalue weighted by Gasteiger charge is 2.31. The van der Waals surface area contributed by atoms with Gasteiger partial charge in [-0.2, -0.15) is 9.40 Å². The number of nitrogens with one attached hydrogen (secondary N) is 2. The summed E-state index contributed by atoms with van der Waals surface area (Å²) >= 11 is 6.17. The maximum absolute atomic E-state index is 12.7. The van der Waals surface area contributed by atoms with Gasteiger partial charge in [0.1, 0.15) is 15.6 Å². The van der Waals surface area contributed by atoms with Crippen LogP contribution in [0.15, 0.2) is 16.3 Å². The fraction of sp³-hybridized carbons (Fsp3) is 0.500. The molecule has 0 aromatic carbocycles. The minimum absolute atomic E-state index is 0.0927. The van der Waals surface area contributed by atoms with Crippen LogP contribution in [0.2, 0.25) is 0 Å². The van der Waals surface area contributed by atoms with Gasteiger partial charge < -0.3 is 9.88 Å². The van der Waals surface area contributed by atoms with Gasteiger partial charge in [-0.15, -0.1) is 11.3 Å². The highest BCUT2D eigenvalue weighted by Crippen LogP contribution is 2.27. The largest absolute Gasteiger partial charge is 0.351 e. The minimum atomic E-state index is -3.60. The number of sulfonamides is 1. The van der Waals surface area contributed by atoms with Gasteiger partial charge in [0.05, 0.1) is 0 Å². The second-order valence-electron chi connectivity index (χ2n) is 5.74. The van der Waals surface area contributed by atoms with E-state index in [4.69, 9.17) is 12.2 Å². The number of aromatic nitrogens is 3. The van der Waals surface area contributed by atoms with Gasteiger partial charge in [0, 0.05) is 33.1 Å². The zero-order valence-electron chi connectivity index (χ0n) is 13.7. The number of amides is 1. The van der Waals surface area contributed by atoms with Crippen molar-refractivity contribution >= 4 is 39.5 Å². The number of thiophene rings is 1. The third-order valence-electron chi connectivity index (χ3n) is 4.12. The van der Waals surface area contributed by atoms with Crippen LogP contribution < -0.4 is 5.32 Å². The smallest absolute Gasteiger partial charge is 0.262 e. The number of H-pyrrole nitrogens is 1. The average Bonchev–Trinajstić information content (AvgIpc) is 3.32. The summed E-state index contributed by atoms with van der Waals surface area (Å²) in [5, 5.41) is 11.2. The first-order valence-electron chi connectivity index (χ1n) is 7.87. The van der Waals surface area contributed by atoms with Crippen LogP contribution in [0.4, 0.5) is 0 Å². The lowest BCUT2D eigenvalue weighted by Gasteiger charge is -2.15. The molecule has 0 aliphatic carbocycles. The van der Waals surface area contributed by atoms with Crippen LogP contribution >= 0.6 is 23.6 Å². The molecule has 8 nitrogen and oxygen atoms in total. The monoisotopic (exact) mass is 401 g/mol. The molecule has 2 aromatic rings. The van der Waals surface area contributed by atoms with Crippen molar-refractivity contribution in [2.45, 2.75) is 24.2 Å². The summed E-state index contributed by atoms with van der Waals surface area (Å²) in [6.45, 7) is 1.37. The molecule has 136 valence electrons. The maximum Gasteiger partial charge on any atom is 0.262 e. The first kappa shape index (κ1) is 18.2. The molecule has 0 unspecified atom stereocenters. The van der Waals surface area contributed by atoms with E-state index < -0.39 is 10.0 Å². The molecule has 2 N–H and O–H groups in total. The Bertz CT molecular complexity index is 922. The minimum Gasteiger partial charge on any atom is -0.351 e. The number of rotatable bonds is 6. The molecule has 2 aromatic heterocycles. The fourth-order valence-corrected chi connectivity index (χ4v) is 5.69. The van der Waals surface area contributed by atoms with Crippen LogP contribution in [0, 0.1) is 4.77 Å². The van der Waals surface area contributed by atoms with Crippen molar-refractivity contribution in [1.29, 1.82) is 0 Å². The molecule has 1 amide bonds. The van der Waals surface area contributed by atoms with Gasteiger partial charge in [-0.1, -0.05) is 0 Å². The molecule has 3 rings (SSSR count). The Hall–Kier alpha value is -1.56. The van der Waals surface area contributed by atoms with Crippen molar-refractivity contribution in [2.24, 2.45) is 7.05 Å². The molecule has 0 atom stereocenters. The van der Waals surface area contributed by atoms with E-state index in [1.807, 2.05) is 0 Å². The molecule has 3 heterocycles. The predicted octanol–water partition coefficient (Wildman–Crippen LogP) is 1.30. The first-order chi connectivity index (χ1) is 11.9. The standard InChI is InChI=1S/C14H19N5O3S3/c1-18-11(16-17-14(18)23)4-6-15-13(20)12-10(5-9-24-12)25(21,22)19-7-2-3-8-19/h5,9H,2-4,6-8H2,1H3,(H,15,20)(H,17,23). The molecule has 1 aliphatic heterocycles. The highest BCUT2D eigenvalue weighted by atomic mass is 32.2. The van der Waals surface area contributed by atoms with E-state index in [1.165, 1.54) is 10.4 Å². The number of nitrogens with zero attached hydrogens (tertiary/aromatic N) is 3. The summed E-state index contributed by atoms with van der Waals surface area (Å²) in [7, 11) is -1.81. The van der Waals surface area contributed by atoms with Crippen molar-refractivity contribution < 1.29 is 13.2 Å². The number of aromatic amines is 1. The van der Waals surface area contributed by atoms with Crippen LogP contribution in [0.5, 0.6) is 0 Å². The predicted molar refractivity (Wildman–Crippen MR) is 96.7 cm³/mol. The summed E-state index contributed by atoms with van der Waals surface area (Å²) in [4.78, 5) is 12.7. The third kappa shape index (κ3) is 3.68. The van der Waals surface area contributed by atoms with Gasteiger partial charge in [0.15, 0.2) is 4.77 Å². The van der Waals surface area contributed by atoms with Crippen LogP contribution in [-0.2, 0) is 23.5 Å². The number of carbonyl (C=O) groups is 1. The average molecular weight is 402 g/mol. The van der Waals surface area contributed by atoms with Crippen molar-refractivity contribution in [3.05, 3.63) is 26.9 Å². The van der Waals surface area contributed by atoms with Crippen LogP contribution in [0.1, 0.15) is 28.3 Å². The molecule has 25 heavy (non-hydrogen) atoms. The lowest BCUT2D eigenvalue weighted by Crippen LogP contribution is -2.31. The topological polar surface area (TPSA) is 100 Å². The van der Waals surface area contributed by atoms with Gasteiger partial charge in [-0.05, 0) is 36.5 Å². The molecule has 1 fully saturated rings. The molecule has 11 heteroatoms. The zero-order chi connectivity index (χ0) is 18.0.